The van der Waals surface area contributed by atoms with Crippen LogP contribution in [0.25, 0.3) is 0 Å². The van der Waals surface area contributed by atoms with Gasteiger partial charge in [-0.15, -0.1) is 0 Å². The lowest BCUT2D eigenvalue weighted by molar-refractivity contribution is -0.137. The number of ether oxygens (including phenoxy) is 1. The third-order valence-corrected chi connectivity index (χ3v) is 6.36. The van der Waals surface area contributed by atoms with Gasteiger partial charge >= 0.3 is 5.97 Å². The predicted molar refractivity (Wildman–Crippen MR) is 140 cm³/mol. The van der Waals surface area contributed by atoms with Gasteiger partial charge in [0.1, 0.15) is 6.04 Å². The number of amides is 2. The van der Waals surface area contributed by atoms with Crippen molar-refractivity contribution in [2.75, 3.05) is 11.5 Å². The summed E-state index contributed by atoms with van der Waals surface area (Å²) >= 11 is 0. The van der Waals surface area contributed by atoms with Crippen LogP contribution in [0, 0.1) is 0 Å². The van der Waals surface area contributed by atoms with Crippen molar-refractivity contribution >= 4 is 23.5 Å². The third kappa shape index (κ3) is 7.26. The van der Waals surface area contributed by atoms with Crippen molar-refractivity contribution in [3.8, 4) is 0 Å². The number of nitrogens with one attached hydrogen (secondary N) is 1. The van der Waals surface area contributed by atoms with Crippen LogP contribution >= 0.6 is 0 Å². The van der Waals surface area contributed by atoms with Crippen molar-refractivity contribution in [2.45, 2.75) is 77.3 Å². The largest absolute Gasteiger partial charge is 0.463 e. The normalized spacial score (nSPS) is 15.3. The average molecular weight is 492 g/mol. The van der Waals surface area contributed by atoms with E-state index in [0.717, 1.165) is 43.4 Å². The molecule has 0 saturated heterocycles. The zero-order valence-electron chi connectivity index (χ0n) is 21.7. The fraction of sp³-hybridized carbons (Fsp3) is 0.448. The summed E-state index contributed by atoms with van der Waals surface area (Å²) in [6.45, 7) is 8.25. The Morgan fingerprint density at radius 2 is 1.78 bits per heavy atom. The van der Waals surface area contributed by atoms with Gasteiger partial charge in [0, 0.05) is 41.8 Å². The minimum Gasteiger partial charge on any atom is -0.463 e. The molecule has 0 aliphatic heterocycles. The molecule has 0 radical (unpaired) electrons. The van der Waals surface area contributed by atoms with Crippen LogP contribution in [-0.4, -0.2) is 35.4 Å². The molecule has 1 unspecified atom stereocenters. The zero-order valence-corrected chi connectivity index (χ0v) is 21.7. The smallest absolute Gasteiger partial charge is 0.330 e. The summed E-state index contributed by atoms with van der Waals surface area (Å²) in [5.74, 6) is -1.38. The molecule has 7 heteroatoms. The van der Waals surface area contributed by atoms with Crippen LogP contribution in [0.4, 0.5) is 5.69 Å². The van der Waals surface area contributed by atoms with Gasteiger partial charge in [-0.05, 0) is 48.9 Å². The Hall–Kier alpha value is -3.48. The molecule has 1 aliphatic carbocycles. The van der Waals surface area contributed by atoms with E-state index in [4.69, 9.17) is 4.74 Å². The Bertz CT molecular complexity index is 1050. The summed E-state index contributed by atoms with van der Waals surface area (Å²) < 4.78 is 4.94. The first-order valence-corrected chi connectivity index (χ1v) is 12.7. The molecular weight excluding hydrogens is 454 g/mol. The Labute approximate surface area is 213 Å². The maximum Gasteiger partial charge on any atom is 0.330 e. The van der Waals surface area contributed by atoms with Crippen molar-refractivity contribution in [3.05, 3.63) is 72.1 Å². The summed E-state index contributed by atoms with van der Waals surface area (Å²) in [7, 11) is 0. The number of anilines is 1. The molecule has 1 heterocycles. The van der Waals surface area contributed by atoms with E-state index in [1.165, 1.54) is 11.3 Å². The van der Waals surface area contributed by atoms with Gasteiger partial charge in [-0.3, -0.25) is 19.5 Å². The van der Waals surface area contributed by atoms with Crippen molar-refractivity contribution in [1.82, 2.24) is 10.3 Å². The molecule has 2 aromatic rings. The highest BCUT2D eigenvalue weighted by molar-refractivity contribution is 6.08. The molecular formula is C29H37N3O4. The molecule has 192 valence electrons. The first kappa shape index (κ1) is 27.1. The quantitative estimate of drug-likeness (QED) is 0.414. The van der Waals surface area contributed by atoms with E-state index in [2.05, 4.69) is 31.1 Å². The number of esters is 1. The number of benzene rings is 1. The van der Waals surface area contributed by atoms with Gasteiger partial charge < -0.3 is 10.1 Å². The van der Waals surface area contributed by atoms with Crippen molar-refractivity contribution < 1.29 is 19.1 Å². The standard InChI is InChI=1S/C29H37N3O4/c1-5-36-26(34)18-17-25(33)32(24-15-13-22(14-16-24)29(2,3)4)27(21-10-9-19-30-20-21)28(35)31-23-11-7-6-8-12-23/h9-10,13-20,23,27H,5-8,11-12H2,1-4H3,(H,31,35)/b18-17+. The molecule has 1 saturated carbocycles. The Morgan fingerprint density at radius 1 is 1.08 bits per heavy atom. The number of hydrogen-bond donors (Lipinski definition) is 1. The molecule has 1 N–H and O–H groups in total. The minimum atomic E-state index is -0.958. The maximum absolute atomic E-state index is 13.7. The molecule has 3 rings (SSSR count). The van der Waals surface area contributed by atoms with Crippen LogP contribution in [0.2, 0.25) is 0 Å². The van der Waals surface area contributed by atoms with E-state index in [9.17, 15) is 14.4 Å². The molecule has 0 bridgehead atoms. The number of aromatic nitrogens is 1. The lowest BCUT2D eigenvalue weighted by atomic mass is 9.87. The van der Waals surface area contributed by atoms with E-state index in [-0.39, 0.29) is 24.0 Å². The second kappa shape index (κ2) is 12.5. The fourth-order valence-electron chi connectivity index (χ4n) is 4.42. The average Bonchev–Trinajstić information content (AvgIpc) is 2.86. The second-order valence-corrected chi connectivity index (χ2v) is 10.1. The van der Waals surface area contributed by atoms with Crippen molar-refractivity contribution in [2.24, 2.45) is 0 Å². The topological polar surface area (TPSA) is 88.6 Å². The summed E-state index contributed by atoms with van der Waals surface area (Å²) in [6, 6.07) is 10.3. The van der Waals surface area contributed by atoms with Gasteiger partial charge in [-0.1, -0.05) is 58.2 Å². The number of carbonyl (C=O) groups is 3. The van der Waals surface area contributed by atoms with Crippen LogP contribution in [-0.2, 0) is 24.5 Å². The van der Waals surface area contributed by atoms with E-state index in [1.54, 1.807) is 31.5 Å². The molecule has 1 fully saturated rings. The molecule has 1 aromatic carbocycles. The van der Waals surface area contributed by atoms with Gasteiger partial charge in [-0.2, -0.15) is 0 Å². The first-order valence-electron chi connectivity index (χ1n) is 12.7. The van der Waals surface area contributed by atoms with E-state index in [0.29, 0.717) is 11.3 Å². The molecule has 7 nitrogen and oxygen atoms in total. The predicted octanol–water partition coefficient (Wildman–Crippen LogP) is 5.02. The van der Waals surface area contributed by atoms with Crippen LogP contribution in [0.3, 0.4) is 0 Å². The Balaban J connectivity index is 2.04. The second-order valence-electron chi connectivity index (χ2n) is 10.1. The van der Waals surface area contributed by atoms with Crippen LogP contribution in [0.1, 0.15) is 77.0 Å². The lowest BCUT2D eigenvalue weighted by Gasteiger charge is -2.33. The van der Waals surface area contributed by atoms with Crippen molar-refractivity contribution in [3.63, 3.8) is 0 Å². The van der Waals surface area contributed by atoms with Crippen LogP contribution in [0.5, 0.6) is 0 Å². The third-order valence-electron chi connectivity index (χ3n) is 6.36. The molecule has 1 atom stereocenters. The number of carbonyl (C=O) groups excluding carboxylic acids is 3. The summed E-state index contributed by atoms with van der Waals surface area (Å²) in [4.78, 5) is 44.9. The fourth-order valence-corrected chi connectivity index (χ4v) is 4.42. The first-order chi connectivity index (χ1) is 17.2. The van der Waals surface area contributed by atoms with Gasteiger partial charge in [0.25, 0.3) is 5.91 Å². The van der Waals surface area contributed by atoms with Gasteiger partial charge in [0.2, 0.25) is 5.91 Å². The maximum atomic E-state index is 13.7. The van der Waals surface area contributed by atoms with Gasteiger partial charge in [0.05, 0.1) is 6.61 Å². The monoisotopic (exact) mass is 491 g/mol. The SMILES string of the molecule is CCOC(=O)/C=C/C(=O)N(c1ccc(C(C)(C)C)cc1)C(C(=O)NC1CCCCC1)c1cccnc1. The Morgan fingerprint density at radius 3 is 2.36 bits per heavy atom. The van der Waals surface area contributed by atoms with E-state index < -0.39 is 17.9 Å². The Kier molecular flexibility index (Phi) is 9.39. The summed E-state index contributed by atoms with van der Waals surface area (Å²) in [5.41, 5.74) is 2.17. The highest BCUT2D eigenvalue weighted by Gasteiger charge is 2.33. The summed E-state index contributed by atoms with van der Waals surface area (Å²) in [5, 5.41) is 3.17. The number of rotatable bonds is 8. The zero-order chi connectivity index (χ0) is 26.1. The lowest BCUT2D eigenvalue weighted by Crippen LogP contribution is -2.47. The van der Waals surface area contributed by atoms with Crippen LogP contribution < -0.4 is 10.2 Å². The van der Waals surface area contributed by atoms with E-state index in [1.807, 2.05) is 24.3 Å². The number of hydrogen-bond acceptors (Lipinski definition) is 5. The van der Waals surface area contributed by atoms with Gasteiger partial charge in [0.15, 0.2) is 0 Å². The molecule has 1 aromatic heterocycles. The summed E-state index contributed by atoms with van der Waals surface area (Å²) in [6.07, 6.45) is 10.6. The minimum absolute atomic E-state index is 0.0701. The molecule has 1 aliphatic rings. The molecule has 36 heavy (non-hydrogen) atoms. The molecule has 2 amide bonds. The number of pyridine rings is 1. The van der Waals surface area contributed by atoms with Crippen LogP contribution in [0.15, 0.2) is 60.9 Å². The van der Waals surface area contributed by atoms with Crippen molar-refractivity contribution in [1.29, 1.82) is 0 Å². The molecule has 0 spiro atoms. The highest BCUT2D eigenvalue weighted by Crippen LogP contribution is 2.31. The van der Waals surface area contributed by atoms with E-state index >= 15 is 0 Å². The van der Waals surface area contributed by atoms with Gasteiger partial charge in [-0.25, -0.2) is 4.79 Å². The number of nitrogens with zero attached hydrogens (tertiary/aromatic N) is 2. The highest BCUT2D eigenvalue weighted by atomic mass is 16.5.